The fourth-order valence-corrected chi connectivity index (χ4v) is 6.33. The van der Waals surface area contributed by atoms with Crippen molar-refractivity contribution in [2.75, 3.05) is 26.7 Å². The van der Waals surface area contributed by atoms with Crippen LogP contribution in [0.4, 0.5) is 0 Å². The van der Waals surface area contributed by atoms with Crippen molar-refractivity contribution in [2.45, 2.75) is 51.4 Å². The largest absolute Gasteiger partial charge is 0.342 e. The molecule has 4 heteroatoms. The van der Waals surface area contributed by atoms with E-state index in [4.69, 9.17) is 0 Å². The van der Waals surface area contributed by atoms with Gasteiger partial charge in [-0.15, -0.1) is 12.4 Å². The van der Waals surface area contributed by atoms with Gasteiger partial charge in [-0.2, -0.15) is 0 Å². The second-order valence-corrected chi connectivity index (χ2v) is 8.62. The minimum absolute atomic E-state index is 0. The number of rotatable bonds is 4. The molecule has 0 radical (unpaired) electrons. The smallest absolute Gasteiger partial charge is 0.226 e. The molecule has 4 saturated carbocycles. The van der Waals surface area contributed by atoms with Gasteiger partial charge in [0.25, 0.3) is 0 Å². The number of likely N-dealkylation sites (tertiary alicyclic amines) is 1. The minimum atomic E-state index is 0. The third-order valence-corrected chi connectivity index (χ3v) is 7.24. The van der Waals surface area contributed by atoms with E-state index < -0.39 is 0 Å². The van der Waals surface area contributed by atoms with Gasteiger partial charge in [0, 0.05) is 19.0 Å². The van der Waals surface area contributed by atoms with Crippen molar-refractivity contribution >= 4 is 18.3 Å². The van der Waals surface area contributed by atoms with Crippen LogP contribution in [0, 0.1) is 35.5 Å². The maximum atomic E-state index is 13.1. The Morgan fingerprint density at radius 3 is 2.09 bits per heavy atom. The summed E-state index contributed by atoms with van der Waals surface area (Å²) in [6.07, 6.45) is 10.6. The SMILES string of the molecule is CNCCC1CCN(C(=O)C2C3CC4CC(C3)CC2C4)CC1.Cl. The molecule has 1 amide bonds. The Morgan fingerprint density at radius 1 is 1.00 bits per heavy atom. The predicted octanol–water partition coefficient (Wildman–Crippen LogP) is 3.33. The molecule has 1 saturated heterocycles. The average Bonchev–Trinajstić information content (AvgIpc) is 2.52. The molecule has 1 N–H and O–H groups in total. The second kappa shape index (κ2) is 7.31. The molecule has 0 atom stereocenters. The summed E-state index contributed by atoms with van der Waals surface area (Å²) in [7, 11) is 2.03. The van der Waals surface area contributed by atoms with Crippen LogP contribution in [0.25, 0.3) is 0 Å². The van der Waals surface area contributed by atoms with Crippen molar-refractivity contribution in [3.8, 4) is 0 Å². The fraction of sp³-hybridized carbons (Fsp3) is 0.947. The molecule has 1 heterocycles. The van der Waals surface area contributed by atoms with Crippen LogP contribution in [0.1, 0.15) is 51.4 Å². The number of nitrogens with one attached hydrogen (secondary N) is 1. The number of carbonyl (C=O) groups is 1. The first-order valence-electron chi connectivity index (χ1n) is 9.68. The van der Waals surface area contributed by atoms with E-state index in [1.54, 1.807) is 0 Å². The quantitative estimate of drug-likeness (QED) is 0.851. The highest BCUT2D eigenvalue weighted by atomic mass is 35.5. The lowest BCUT2D eigenvalue weighted by atomic mass is 9.51. The molecule has 5 aliphatic rings. The molecule has 132 valence electrons. The van der Waals surface area contributed by atoms with Crippen LogP contribution in [0.2, 0.25) is 0 Å². The molecule has 5 fully saturated rings. The summed E-state index contributed by atoms with van der Waals surface area (Å²) in [5, 5.41) is 3.26. The summed E-state index contributed by atoms with van der Waals surface area (Å²) in [6, 6.07) is 0. The molecule has 4 aliphatic carbocycles. The van der Waals surface area contributed by atoms with Crippen LogP contribution in [-0.2, 0) is 4.79 Å². The Balaban J connectivity index is 0.00000156. The highest BCUT2D eigenvalue weighted by Gasteiger charge is 2.51. The van der Waals surface area contributed by atoms with E-state index in [0.717, 1.165) is 49.2 Å². The highest BCUT2D eigenvalue weighted by Crippen LogP contribution is 2.56. The Hall–Kier alpha value is -0.280. The van der Waals surface area contributed by atoms with Gasteiger partial charge < -0.3 is 10.2 Å². The average molecular weight is 341 g/mol. The molecular weight excluding hydrogens is 308 g/mol. The monoisotopic (exact) mass is 340 g/mol. The highest BCUT2D eigenvalue weighted by molar-refractivity contribution is 5.85. The van der Waals surface area contributed by atoms with E-state index in [9.17, 15) is 4.79 Å². The van der Waals surface area contributed by atoms with Crippen LogP contribution < -0.4 is 5.32 Å². The zero-order valence-electron chi connectivity index (χ0n) is 14.5. The van der Waals surface area contributed by atoms with Gasteiger partial charge in [0.1, 0.15) is 0 Å². The first-order valence-corrected chi connectivity index (χ1v) is 9.68. The van der Waals surface area contributed by atoms with Gasteiger partial charge in [-0.05, 0) is 94.5 Å². The van der Waals surface area contributed by atoms with Gasteiger partial charge in [-0.1, -0.05) is 0 Å². The molecule has 4 bridgehead atoms. The molecule has 23 heavy (non-hydrogen) atoms. The maximum absolute atomic E-state index is 13.1. The summed E-state index contributed by atoms with van der Waals surface area (Å²) in [5.41, 5.74) is 0. The fourth-order valence-electron chi connectivity index (χ4n) is 6.33. The van der Waals surface area contributed by atoms with Gasteiger partial charge in [-0.3, -0.25) is 4.79 Å². The lowest BCUT2D eigenvalue weighted by molar-refractivity contribution is -0.150. The number of hydrogen-bond acceptors (Lipinski definition) is 2. The Labute approximate surface area is 147 Å². The Bertz CT molecular complexity index is 392. The van der Waals surface area contributed by atoms with Gasteiger partial charge in [0.05, 0.1) is 0 Å². The molecule has 1 aliphatic heterocycles. The van der Waals surface area contributed by atoms with Crippen LogP contribution in [-0.4, -0.2) is 37.5 Å². The van der Waals surface area contributed by atoms with Crippen molar-refractivity contribution in [2.24, 2.45) is 35.5 Å². The maximum Gasteiger partial charge on any atom is 0.226 e. The second-order valence-electron chi connectivity index (χ2n) is 8.62. The lowest BCUT2D eigenvalue weighted by Gasteiger charge is -2.54. The predicted molar refractivity (Wildman–Crippen MR) is 95.6 cm³/mol. The summed E-state index contributed by atoms with van der Waals surface area (Å²) in [5.74, 6) is 5.20. The third kappa shape index (κ3) is 3.42. The molecule has 0 spiro atoms. The Morgan fingerprint density at radius 2 is 1.57 bits per heavy atom. The van der Waals surface area contributed by atoms with Crippen LogP contribution in [0.3, 0.4) is 0 Å². The van der Waals surface area contributed by atoms with Crippen LogP contribution >= 0.6 is 12.4 Å². The summed E-state index contributed by atoms with van der Waals surface area (Å²) in [6.45, 7) is 3.17. The topological polar surface area (TPSA) is 32.3 Å². The first kappa shape index (κ1) is 17.5. The van der Waals surface area contributed by atoms with Gasteiger partial charge in [0.15, 0.2) is 0 Å². The molecule has 0 aromatic heterocycles. The molecule has 0 aromatic rings. The lowest BCUT2D eigenvalue weighted by Crippen LogP contribution is -2.53. The number of carbonyl (C=O) groups excluding carboxylic acids is 1. The van der Waals surface area contributed by atoms with Crippen LogP contribution in [0.15, 0.2) is 0 Å². The van der Waals surface area contributed by atoms with Crippen molar-refractivity contribution in [3.63, 3.8) is 0 Å². The molecular formula is C19H33ClN2O. The number of halogens is 1. The van der Waals surface area contributed by atoms with E-state index in [2.05, 4.69) is 10.2 Å². The van der Waals surface area contributed by atoms with Crippen molar-refractivity contribution in [1.29, 1.82) is 0 Å². The summed E-state index contributed by atoms with van der Waals surface area (Å²) < 4.78 is 0. The minimum Gasteiger partial charge on any atom is -0.342 e. The van der Waals surface area contributed by atoms with E-state index in [1.165, 1.54) is 51.4 Å². The summed E-state index contributed by atoms with van der Waals surface area (Å²) >= 11 is 0. The first-order chi connectivity index (χ1) is 10.7. The molecule has 3 nitrogen and oxygen atoms in total. The van der Waals surface area contributed by atoms with Crippen molar-refractivity contribution < 1.29 is 4.79 Å². The van der Waals surface area contributed by atoms with Gasteiger partial charge in [0.2, 0.25) is 5.91 Å². The molecule has 5 rings (SSSR count). The molecule has 0 unspecified atom stereocenters. The van der Waals surface area contributed by atoms with E-state index >= 15 is 0 Å². The number of hydrogen-bond donors (Lipinski definition) is 1. The standard InChI is InChI=1S/C19H32N2O.ClH/c1-20-5-2-13-3-6-21(7-4-13)19(22)18-16-9-14-8-15(11-16)12-17(18)10-14;/h13-18,20H,2-12H2,1H3;1H. The Kier molecular flexibility index (Phi) is 5.57. The van der Waals surface area contributed by atoms with Gasteiger partial charge in [-0.25, -0.2) is 0 Å². The van der Waals surface area contributed by atoms with Crippen molar-refractivity contribution in [1.82, 2.24) is 10.2 Å². The summed E-state index contributed by atoms with van der Waals surface area (Å²) in [4.78, 5) is 15.4. The number of nitrogens with zero attached hydrogens (tertiary/aromatic N) is 1. The van der Waals surface area contributed by atoms with E-state index in [-0.39, 0.29) is 12.4 Å². The zero-order valence-corrected chi connectivity index (χ0v) is 15.3. The van der Waals surface area contributed by atoms with Gasteiger partial charge >= 0.3 is 0 Å². The normalized spacial score (nSPS) is 39.3. The number of amides is 1. The van der Waals surface area contributed by atoms with E-state index in [1.807, 2.05) is 7.05 Å². The molecule has 0 aromatic carbocycles. The zero-order chi connectivity index (χ0) is 15.1. The van der Waals surface area contributed by atoms with E-state index in [0.29, 0.717) is 11.8 Å². The van der Waals surface area contributed by atoms with Crippen molar-refractivity contribution in [3.05, 3.63) is 0 Å². The van der Waals surface area contributed by atoms with Crippen LogP contribution in [0.5, 0.6) is 0 Å². The third-order valence-electron chi connectivity index (χ3n) is 7.24. The number of piperidine rings is 1.